The van der Waals surface area contributed by atoms with Crippen LogP contribution < -0.4 is 5.32 Å². The van der Waals surface area contributed by atoms with Crippen LogP contribution in [0.5, 0.6) is 0 Å². The lowest BCUT2D eigenvalue weighted by Crippen LogP contribution is -2.33. The summed E-state index contributed by atoms with van der Waals surface area (Å²) in [6.07, 6.45) is 5.48. The number of likely N-dealkylation sites (tertiary alicyclic amines) is 1. The van der Waals surface area contributed by atoms with E-state index in [1.165, 1.54) is 0 Å². The van der Waals surface area contributed by atoms with Crippen LogP contribution in [0.1, 0.15) is 29.5 Å². The topological polar surface area (TPSA) is 75.9 Å². The van der Waals surface area contributed by atoms with E-state index in [-0.39, 0.29) is 18.5 Å². The fourth-order valence-electron chi connectivity index (χ4n) is 3.97. The van der Waals surface area contributed by atoms with E-state index in [2.05, 4.69) is 15.3 Å². The predicted molar refractivity (Wildman–Crippen MR) is 118 cm³/mol. The molecule has 1 amide bonds. The number of carbonyl (C=O) groups excluding carboxylic acids is 1. The molecule has 7 nitrogen and oxygen atoms in total. The fraction of sp³-hybridized carbons (Fsp3) is 0.273. The van der Waals surface area contributed by atoms with Crippen molar-refractivity contribution in [3.8, 4) is 0 Å². The number of nitrogens with zero attached hydrogens (tertiary/aromatic N) is 5. The Morgan fingerprint density at radius 2 is 2.10 bits per heavy atom. The molecule has 0 spiro atoms. The molecule has 152 valence electrons. The number of hydrogen-bond donors (Lipinski definition) is 1. The third-order valence-corrected chi connectivity index (χ3v) is 6.20. The van der Waals surface area contributed by atoms with Gasteiger partial charge in [0.25, 0.3) is 0 Å². The Morgan fingerprint density at radius 3 is 2.97 bits per heavy atom. The zero-order valence-electron chi connectivity index (χ0n) is 16.7. The number of aryl methyl sites for hydroxylation is 1. The highest BCUT2D eigenvalue weighted by Gasteiger charge is 2.31. The molecule has 0 aliphatic carbocycles. The van der Waals surface area contributed by atoms with Crippen molar-refractivity contribution in [3.63, 3.8) is 0 Å². The molecular weight excluding hydrogens is 396 g/mol. The molecule has 8 heteroatoms. The summed E-state index contributed by atoms with van der Waals surface area (Å²) in [6, 6.07) is 13.8. The molecule has 1 aliphatic heterocycles. The summed E-state index contributed by atoms with van der Waals surface area (Å²) >= 11 is 1.59. The minimum Gasteiger partial charge on any atom is -0.333 e. The lowest BCUT2D eigenvalue weighted by atomic mass is 10.1. The quantitative estimate of drug-likeness (QED) is 0.523. The monoisotopic (exact) mass is 418 g/mol. The van der Waals surface area contributed by atoms with Gasteiger partial charge in [-0.05, 0) is 44.0 Å². The highest BCUT2D eigenvalue weighted by Crippen LogP contribution is 2.32. The van der Waals surface area contributed by atoms with Crippen molar-refractivity contribution in [1.82, 2.24) is 24.4 Å². The molecule has 1 fully saturated rings. The van der Waals surface area contributed by atoms with E-state index in [1.54, 1.807) is 17.7 Å². The zero-order valence-corrected chi connectivity index (χ0v) is 17.5. The van der Waals surface area contributed by atoms with Gasteiger partial charge in [0.2, 0.25) is 5.91 Å². The molecule has 0 radical (unpaired) electrons. The maximum atomic E-state index is 13.1. The molecule has 30 heavy (non-hydrogen) atoms. The third-order valence-electron chi connectivity index (χ3n) is 5.37. The molecule has 1 saturated heterocycles. The number of pyridine rings is 1. The Balaban J connectivity index is 1.34. The highest BCUT2D eigenvalue weighted by atomic mass is 32.1. The molecule has 1 aliphatic rings. The molecule has 0 saturated carbocycles. The van der Waals surface area contributed by atoms with Gasteiger partial charge in [0.15, 0.2) is 5.13 Å². The van der Waals surface area contributed by atoms with Gasteiger partial charge in [0.05, 0.1) is 29.1 Å². The number of benzene rings is 1. The smallest absolute Gasteiger partial charge is 0.243 e. The van der Waals surface area contributed by atoms with Crippen LogP contribution in [-0.4, -0.2) is 36.9 Å². The van der Waals surface area contributed by atoms with Crippen LogP contribution in [0, 0.1) is 6.92 Å². The van der Waals surface area contributed by atoms with E-state index in [0.717, 1.165) is 51.9 Å². The SMILES string of the molecule is Cc1cnc(Nc2cccc(C3CCCN3C(=O)Cn3cnc4ccccc43)n2)s1. The van der Waals surface area contributed by atoms with Gasteiger partial charge in [-0.25, -0.2) is 15.0 Å². The van der Waals surface area contributed by atoms with Gasteiger partial charge in [0.1, 0.15) is 12.4 Å². The number of para-hydroxylation sites is 2. The highest BCUT2D eigenvalue weighted by molar-refractivity contribution is 7.15. The average Bonchev–Trinajstić information content (AvgIpc) is 3.49. The lowest BCUT2D eigenvalue weighted by molar-refractivity contribution is -0.132. The molecule has 1 unspecified atom stereocenters. The van der Waals surface area contributed by atoms with Gasteiger partial charge in [-0.3, -0.25) is 4.79 Å². The van der Waals surface area contributed by atoms with Crippen molar-refractivity contribution in [1.29, 1.82) is 0 Å². The molecule has 1 aromatic carbocycles. The van der Waals surface area contributed by atoms with Crippen molar-refractivity contribution < 1.29 is 4.79 Å². The van der Waals surface area contributed by atoms with Gasteiger partial charge in [-0.1, -0.05) is 18.2 Å². The van der Waals surface area contributed by atoms with E-state index in [1.807, 2.05) is 65.1 Å². The summed E-state index contributed by atoms with van der Waals surface area (Å²) in [5, 5.41) is 4.09. The maximum absolute atomic E-state index is 13.1. The van der Waals surface area contributed by atoms with Crippen LogP contribution in [0.25, 0.3) is 11.0 Å². The summed E-state index contributed by atoms with van der Waals surface area (Å²) < 4.78 is 1.92. The minimum atomic E-state index is -0.00735. The van der Waals surface area contributed by atoms with E-state index >= 15 is 0 Å². The lowest BCUT2D eigenvalue weighted by Gasteiger charge is -2.25. The molecule has 0 bridgehead atoms. The second-order valence-corrected chi connectivity index (χ2v) is 8.69. The number of aromatic nitrogens is 4. The summed E-state index contributed by atoms with van der Waals surface area (Å²) in [4.78, 5) is 29.8. The Labute approximate surface area is 178 Å². The summed E-state index contributed by atoms with van der Waals surface area (Å²) in [5.41, 5.74) is 2.79. The van der Waals surface area contributed by atoms with E-state index in [4.69, 9.17) is 4.98 Å². The van der Waals surface area contributed by atoms with Crippen molar-refractivity contribution in [3.05, 3.63) is 65.6 Å². The van der Waals surface area contributed by atoms with Gasteiger partial charge in [-0.2, -0.15) is 0 Å². The van der Waals surface area contributed by atoms with Crippen molar-refractivity contribution in [2.75, 3.05) is 11.9 Å². The van der Waals surface area contributed by atoms with Crippen LogP contribution in [0.3, 0.4) is 0 Å². The Bertz CT molecular complexity index is 1200. The van der Waals surface area contributed by atoms with E-state index in [9.17, 15) is 4.79 Å². The number of anilines is 2. The second kappa shape index (κ2) is 7.87. The standard InChI is InChI=1S/C22H22N6OS/c1-15-12-23-22(30-15)26-20-10-4-7-17(25-20)19-9-5-11-28(19)21(29)13-27-14-24-16-6-2-3-8-18(16)27/h2-4,6-8,10,12,14,19H,5,9,11,13H2,1H3,(H,23,25,26). The first-order valence-corrected chi connectivity index (χ1v) is 10.8. The van der Waals surface area contributed by atoms with Crippen LogP contribution in [0.15, 0.2) is 55.0 Å². The summed E-state index contributed by atoms with van der Waals surface area (Å²) in [6.45, 7) is 3.06. The first kappa shape index (κ1) is 18.7. The molecule has 5 rings (SSSR count). The van der Waals surface area contributed by atoms with Crippen molar-refractivity contribution in [2.24, 2.45) is 0 Å². The maximum Gasteiger partial charge on any atom is 0.243 e. The number of carbonyl (C=O) groups is 1. The summed E-state index contributed by atoms with van der Waals surface area (Å²) in [5.74, 6) is 0.845. The number of amides is 1. The van der Waals surface area contributed by atoms with Gasteiger partial charge in [0, 0.05) is 17.6 Å². The van der Waals surface area contributed by atoms with Crippen LogP contribution in [0.2, 0.25) is 0 Å². The van der Waals surface area contributed by atoms with Gasteiger partial charge >= 0.3 is 0 Å². The number of fused-ring (bicyclic) bond motifs is 1. The molecule has 3 aromatic heterocycles. The number of nitrogens with one attached hydrogen (secondary N) is 1. The van der Waals surface area contributed by atoms with Crippen LogP contribution in [-0.2, 0) is 11.3 Å². The first-order valence-electron chi connectivity index (χ1n) is 10.0. The molecule has 1 atom stereocenters. The van der Waals surface area contributed by atoms with Crippen molar-refractivity contribution in [2.45, 2.75) is 32.4 Å². The number of thiazole rings is 1. The number of rotatable bonds is 5. The Morgan fingerprint density at radius 1 is 1.20 bits per heavy atom. The fourth-order valence-corrected chi connectivity index (χ4v) is 4.65. The largest absolute Gasteiger partial charge is 0.333 e. The zero-order chi connectivity index (χ0) is 20.5. The number of imidazole rings is 1. The van der Waals surface area contributed by atoms with Crippen LogP contribution >= 0.6 is 11.3 Å². The molecule has 1 N–H and O–H groups in total. The minimum absolute atomic E-state index is 0.00735. The molecule has 4 heterocycles. The average molecular weight is 419 g/mol. The van der Waals surface area contributed by atoms with Crippen molar-refractivity contribution >= 4 is 39.2 Å². The molecular formula is C22H22N6OS. The third kappa shape index (κ3) is 3.66. The Hall–Kier alpha value is -3.26. The predicted octanol–water partition coefficient (Wildman–Crippen LogP) is 4.30. The number of hydrogen-bond acceptors (Lipinski definition) is 6. The second-order valence-electron chi connectivity index (χ2n) is 7.46. The van der Waals surface area contributed by atoms with Gasteiger partial charge < -0.3 is 14.8 Å². The van der Waals surface area contributed by atoms with Crippen LogP contribution in [0.4, 0.5) is 10.9 Å². The van der Waals surface area contributed by atoms with E-state index < -0.39 is 0 Å². The van der Waals surface area contributed by atoms with E-state index in [0.29, 0.717) is 0 Å². The normalized spacial score (nSPS) is 16.3. The first-order chi connectivity index (χ1) is 14.7. The summed E-state index contributed by atoms with van der Waals surface area (Å²) in [7, 11) is 0. The Kier molecular flexibility index (Phi) is 4.92. The van der Waals surface area contributed by atoms with Gasteiger partial charge in [-0.15, -0.1) is 11.3 Å². The molecule has 4 aromatic rings.